The summed E-state index contributed by atoms with van der Waals surface area (Å²) in [4.78, 5) is 17.1. The molecule has 0 unspecified atom stereocenters. The van der Waals surface area contributed by atoms with Crippen molar-refractivity contribution in [2.24, 2.45) is 4.99 Å². The van der Waals surface area contributed by atoms with Crippen molar-refractivity contribution in [3.8, 4) is 22.6 Å². The molecule has 4 aromatic rings. The number of carbonyl (C=O) groups excluding carboxylic acids is 1. The molecule has 0 amide bonds. The third kappa shape index (κ3) is 5.16. The van der Waals surface area contributed by atoms with E-state index in [9.17, 15) is 4.79 Å². The van der Waals surface area contributed by atoms with E-state index < -0.39 is 5.97 Å². The number of benzene rings is 4. The van der Waals surface area contributed by atoms with Crippen LogP contribution in [0.25, 0.3) is 17.2 Å². The highest BCUT2D eigenvalue weighted by molar-refractivity contribution is 6.30. The Morgan fingerprint density at radius 1 is 0.861 bits per heavy atom. The number of aliphatic imine (C=N–C) groups is 1. The van der Waals surface area contributed by atoms with E-state index in [1.54, 1.807) is 25.3 Å². The van der Waals surface area contributed by atoms with Crippen LogP contribution in [0.1, 0.15) is 16.7 Å². The number of esters is 1. The third-order valence-corrected chi connectivity index (χ3v) is 5.89. The highest BCUT2D eigenvalue weighted by atomic mass is 35.5. The molecular formula is C30H22ClNO4. The molecule has 1 aliphatic heterocycles. The van der Waals surface area contributed by atoms with Crippen molar-refractivity contribution < 1.29 is 19.0 Å². The average Bonchev–Trinajstić information content (AvgIpc) is 3.28. The number of nitrogens with zero attached hydrogens (tertiary/aromatic N) is 1. The number of methoxy groups -OCH3 is 1. The summed E-state index contributed by atoms with van der Waals surface area (Å²) in [5.74, 6) is 0.769. The molecule has 0 bridgehead atoms. The number of hydrogen-bond acceptors (Lipinski definition) is 5. The predicted octanol–water partition coefficient (Wildman–Crippen LogP) is 6.94. The predicted molar refractivity (Wildman–Crippen MR) is 141 cm³/mol. The molecule has 36 heavy (non-hydrogen) atoms. The summed E-state index contributed by atoms with van der Waals surface area (Å²) >= 11 is 6.09. The lowest BCUT2D eigenvalue weighted by Gasteiger charge is -2.13. The zero-order valence-corrected chi connectivity index (χ0v) is 20.2. The maximum absolute atomic E-state index is 12.6. The van der Waals surface area contributed by atoms with Gasteiger partial charge in [-0.05, 0) is 53.1 Å². The fraction of sp³-hybridized carbons (Fsp3) is 0.0667. The summed E-state index contributed by atoms with van der Waals surface area (Å²) in [5.41, 5.74) is 4.63. The lowest BCUT2D eigenvalue weighted by atomic mass is 10.0. The van der Waals surface area contributed by atoms with Crippen LogP contribution < -0.4 is 9.47 Å². The Hall–Kier alpha value is -4.35. The molecule has 0 aromatic heterocycles. The van der Waals surface area contributed by atoms with Gasteiger partial charge in [0.25, 0.3) is 0 Å². The Bertz CT molecular complexity index is 1460. The molecule has 1 heterocycles. The first-order chi connectivity index (χ1) is 17.6. The second-order valence-electron chi connectivity index (χ2n) is 8.08. The van der Waals surface area contributed by atoms with E-state index in [4.69, 9.17) is 25.8 Å². The Balaban J connectivity index is 1.41. The minimum atomic E-state index is -0.527. The van der Waals surface area contributed by atoms with Crippen LogP contribution in [0.5, 0.6) is 11.5 Å². The van der Waals surface area contributed by atoms with Gasteiger partial charge in [-0.1, -0.05) is 78.3 Å². The Kier molecular flexibility index (Phi) is 6.83. The number of rotatable bonds is 7. The summed E-state index contributed by atoms with van der Waals surface area (Å²) in [6, 6.07) is 30.7. The van der Waals surface area contributed by atoms with Crippen molar-refractivity contribution in [2.45, 2.75) is 6.61 Å². The van der Waals surface area contributed by atoms with Crippen molar-refractivity contribution in [3.63, 3.8) is 0 Å². The third-order valence-electron chi connectivity index (χ3n) is 5.65. The fourth-order valence-electron chi connectivity index (χ4n) is 3.86. The van der Waals surface area contributed by atoms with Gasteiger partial charge in [0.05, 0.1) is 7.11 Å². The van der Waals surface area contributed by atoms with Gasteiger partial charge in [-0.15, -0.1) is 0 Å². The summed E-state index contributed by atoms with van der Waals surface area (Å²) < 4.78 is 17.1. The average molecular weight is 496 g/mol. The van der Waals surface area contributed by atoms with E-state index in [0.29, 0.717) is 22.1 Å². The van der Waals surface area contributed by atoms with Crippen LogP contribution in [0.3, 0.4) is 0 Å². The van der Waals surface area contributed by atoms with Crippen LogP contribution in [0.2, 0.25) is 5.02 Å². The zero-order chi connectivity index (χ0) is 24.9. The summed E-state index contributed by atoms with van der Waals surface area (Å²) in [6.45, 7) is 0.282. The minimum absolute atomic E-state index is 0.179. The molecule has 5 nitrogen and oxygen atoms in total. The molecule has 0 radical (unpaired) electrons. The zero-order valence-electron chi connectivity index (χ0n) is 19.5. The molecule has 0 spiro atoms. The Morgan fingerprint density at radius 3 is 2.33 bits per heavy atom. The molecule has 0 saturated heterocycles. The van der Waals surface area contributed by atoms with Crippen LogP contribution >= 0.6 is 11.6 Å². The molecule has 0 N–H and O–H groups in total. The number of halogens is 1. The van der Waals surface area contributed by atoms with Gasteiger partial charge in [0.1, 0.15) is 6.61 Å². The highest BCUT2D eigenvalue weighted by Crippen LogP contribution is 2.34. The largest absolute Gasteiger partial charge is 0.493 e. The molecule has 0 aliphatic carbocycles. The van der Waals surface area contributed by atoms with Gasteiger partial charge in [0.2, 0.25) is 5.90 Å². The highest BCUT2D eigenvalue weighted by Gasteiger charge is 2.25. The molecule has 0 atom stereocenters. The SMILES string of the molecule is COc1cccc(/C=C2\N=C(c3ccc(-c4ccccc4)cc3)OC2=O)c1OCc1cccc(Cl)c1. The first kappa shape index (κ1) is 23.4. The van der Waals surface area contributed by atoms with Gasteiger partial charge >= 0.3 is 5.97 Å². The van der Waals surface area contributed by atoms with Gasteiger partial charge in [0.15, 0.2) is 17.2 Å². The number of para-hydroxylation sites is 1. The van der Waals surface area contributed by atoms with Crippen molar-refractivity contribution in [1.29, 1.82) is 0 Å². The second-order valence-corrected chi connectivity index (χ2v) is 8.51. The molecule has 1 aliphatic rings. The van der Waals surface area contributed by atoms with E-state index in [2.05, 4.69) is 4.99 Å². The minimum Gasteiger partial charge on any atom is -0.493 e. The van der Waals surface area contributed by atoms with E-state index >= 15 is 0 Å². The van der Waals surface area contributed by atoms with Crippen LogP contribution in [0.4, 0.5) is 0 Å². The molecule has 6 heteroatoms. The molecule has 178 valence electrons. The van der Waals surface area contributed by atoms with Crippen molar-refractivity contribution >= 4 is 29.5 Å². The fourth-order valence-corrected chi connectivity index (χ4v) is 4.07. The first-order valence-electron chi connectivity index (χ1n) is 11.3. The van der Waals surface area contributed by atoms with Gasteiger partial charge in [-0.3, -0.25) is 0 Å². The smallest absolute Gasteiger partial charge is 0.363 e. The number of cyclic esters (lactones) is 1. The normalized spacial score (nSPS) is 13.9. The Labute approximate surface area is 214 Å². The second kappa shape index (κ2) is 10.5. The topological polar surface area (TPSA) is 57.1 Å². The van der Waals surface area contributed by atoms with Gasteiger partial charge in [0, 0.05) is 16.1 Å². The standard InChI is InChI=1S/C30H22ClNO4/c1-34-27-12-6-10-24(28(27)35-19-20-7-5-11-25(31)17-20)18-26-30(33)36-29(32-26)23-15-13-22(14-16-23)21-8-3-2-4-9-21/h2-18H,19H2,1H3/b26-18-. The molecule has 0 saturated carbocycles. The molecular weight excluding hydrogens is 474 g/mol. The van der Waals surface area contributed by atoms with Gasteiger partial charge < -0.3 is 14.2 Å². The lowest BCUT2D eigenvalue weighted by molar-refractivity contribution is -0.129. The molecule has 4 aromatic carbocycles. The lowest BCUT2D eigenvalue weighted by Crippen LogP contribution is -2.05. The summed E-state index contributed by atoms with van der Waals surface area (Å²) in [5, 5.41) is 0.630. The maximum Gasteiger partial charge on any atom is 0.363 e. The van der Waals surface area contributed by atoms with Gasteiger partial charge in [-0.25, -0.2) is 9.79 Å². The van der Waals surface area contributed by atoms with Crippen LogP contribution in [-0.2, 0) is 16.1 Å². The van der Waals surface area contributed by atoms with E-state index in [-0.39, 0.29) is 18.2 Å². The summed E-state index contributed by atoms with van der Waals surface area (Å²) in [7, 11) is 1.57. The number of carbonyl (C=O) groups is 1. The van der Waals surface area contributed by atoms with Crippen LogP contribution in [-0.4, -0.2) is 19.0 Å². The van der Waals surface area contributed by atoms with E-state index in [0.717, 1.165) is 22.3 Å². The molecule has 0 fully saturated rings. The maximum atomic E-state index is 12.6. The Morgan fingerprint density at radius 2 is 1.58 bits per heavy atom. The quantitative estimate of drug-likeness (QED) is 0.206. The van der Waals surface area contributed by atoms with E-state index in [1.165, 1.54) is 0 Å². The molecule has 5 rings (SSSR count). The first-order valence-corrected chi connectivity index (χ1v) is 11.7. The van der Waals surface area contributed by atoms with E-state index in [1.807, 2.05) is 84.9 Å². The van der Waals surface area contributed by atoms with Crippen LogP contribution in [0.15, 0.2) is 108 Å². The monoisotopic (exact) mass is 495 g/mol. The van der Waals surface area contributed by atoms with Crippen LogP contribution in [0, 0.1) is 0 Å². The number of hydrogen-bond donors (Lipinski definition) is 0. The number of ether oxygens (including phenoxy) is 3. The van der Waals surface area contributed by atoms with Crippen molar-refractivity contribution in [1.82, 2.24) is 0 Å². The summed E-state index contributed by atoms with van der Waals surface area (Å²) in [6.07, 6.45) is 1.64. The van der Waals surface area contributed by atoms with Crippen molar-refractivity contribution in [2.75, 3.05) is 7.11 Å². The van der Waals surface area contributed by atoms with Crippen molar-refractivity contribution in [3.05, 3.63) is 124 Å². The van der Waals surface area contributed by atoms with Gasteiger partial charge in [-0.2, -0.15) is 0 Å².